The van der Waals surface area contributed by atoms with Crippen LogP contribution in [-0.2, 0) is 5.88 Å². The maximum Gasteiger partial charge on any atom is 0.151 e. The molecular weight excluding hydrogens is 291 g/mol. The van der Waals surface area contributed by atoms with Crippen LogP contribution in [0.25, 0.3) is 11.0 Å². The molecule has 0 saturated heterocycles. The summed E-state index contributed by atoms with van der Waals surface area (Å²) in [5.41, 5.74) is 2.18. The lowest BCUT2D eigenvalue weighted by Gasteiger charge is -2.15. The van der Waals surface area contributed by atoms with Gasteiger partial charge in [-0.05, 0) is 18.2 Å². The zero-order valence-corrected chi connectivity index (χ0v) is 11.8. The van der Waals surface area contributed by atoms with E-state index in [1.54, 1.807) is 6.07 Å². The summed E-state index contributed by atoms with van der Waals surface area (Å²) in [6.07, 6.45) is 0. The van der Waals surface area contributed by atoms with Gasteiger partial charge >= 0.3 is 0 Å². The van der Waals surface area contributed by atoms with Crippen LogP contribution in [0.15, 0.2) is 42.5 Å². The summed E-state index contributed by atoms with van der Waals surface area (Å²) in [6.45, 7) is 0.505. The Kier molecular flexibility index (Phi) is 2.86. The Balaban J connectivity index is 1.97. The van der Waals surface area contributed by atoms with Gasteiger partial charge in [0.15, 0.2) is 5.82 Å². The number of imidazole rings is 1. The van der Waals surface area contributed by atoms with Gasteiger partial charge in [-0.2, -0.15) is 0 Å². The lowest BCUT2D eigenvalue weighted by atomic mass is 10.1. The number of rotatable bonds is 2. The van der Waals surface area contributed by atoms with E-state index in [9.17, 15) is 4.39 Å². The summed E-state index contributed by atoms with van der Waals surface area (Å²) in [4.78, 5) is 4.35. The smallest absolute Gasteiger partial charge is 0.151 e. The van der Waals surface area contributed by atoms with Gasteiger partial charge in [0.2, 0.25) is 0 Å². The molecule has 0 bridgehead atoms. The van der Waals surface area contributed by atoms with Gasteiger partial charge in [0.25, 0.3) is 0 Å². The molecule has 1 unspecified atom stereocenters. The molecule has 0 spiro atoms. The van der Waals surface area contributed by atoms with Crippen molar-refractivity contribution in [3.8, 4) is 5.75 Å². The fourth-order valence-electron chi connectivity index (χ4n) is 2.93. The number of nitrogens with zero attached hydrogens (tertiary/aromatic N) is 2. The molecule has 1 aliphatic rings. The van der Waals surface area contributed by atoms with E-state index in [2.05, 4.69) is 4.98 Å². The fraction of sp³-hybridized carbons (Fsp3) is 0.188. The van der Waals surface area contributed by atoms with Crippen molar-refractivity contribution in [1.82, 2.24) is 9.55 Å². The largest absolute Gasteiger partial charge is 0.491 e. The first-order valence-corrected chi connectivity index (χ1v) is 7.26. The van der Waals surface area contributed by atoms with Crippen molar-refractivity contribution in [2.45, 2.75) is 11.9 Å². The number of benzene rings is 2. The van der Waals surface area contributed by atoms with E-state index in [4.69, 9.17) is 16.3 Å². The number of para-hydroxylation sites is 2. The third-order valence-electron chi connectivity index (χ3n) is 3.85. The van der Waals surface area contributed by atoms with E-state index in [0.717, 1.165) is 16.8 Å². The third kappa shape index (κ3) is 1.83. The number of hydrogen-bond acceptors (Lipinski definition) is 2. The first kappa shape index (κ1) is 12.7. The summed E-state index contributed by atoms with van der Waals surface area (Å²) >= 11 is 6.01. The number of aromatic nitrogens is 2. The third-order valence-corrected chi connectivity index (χ3v) is 4.09. The number of ether oxygens (including phenoxy) is 1. The van der Waals surface area contributed by atoms with Crippen LogP contribution >= 0.6 is 11.6 Å². The van der Waals surface area contributed by atoms with E-state index < -0.39 is 0 Å². The molecule has 3 aromatic rings. The van der Waals surface area contributed by atoms with Crippen LogP contribution in [0.4, 0.5) is 4.39 Å². The van der Waals surface area contributed by atoms with Gasteiger partial charge in [-0.25, -0.2) is 9.37 Å². The van der Waals surface area contributed by atoms with E-state index >= 15 is 0 Å². The van der Waals surface area contributed by atoms with Crippen molar-refractivity contribution in [3.63, 3.8) is 0 Å². The van der Waals surface area contributed by atoms with Crippen molar-refractivity contribution in [3.05, 3.63) is 59.7 Å². The van der Waals surface area contributed by atoms with Crippen LogP contribution in [0.2, 0.25) is 0 Å². The first-order chi connectivity index (χ1) is 10.3. The minimum atomic E-state index is -0.329. The molecule has 2 aromatic carbocycles. The second-order valence-electron chi connectivity index (χ2n) is 5.00. The SMILES string of the molecule is Fc1cccc2c1nc(CCl)n2C1COc2ccccc21. The van der Waals surface area contributed by atoms with E-state index in [0.29, 0.717) is 17.9 Å². The average molecular weight is 303 g/mol. The second kappa shape index (κ2) is 4.74. The van der Waals surface area contributed by atoms with Gasteiger partial charge in [-0.1, -0.05) is 24.3 Å². The molecule has 0 amide bonds. The highest BCUT2D eigenvalue weighted by atomic mass is 35.5. The Hall–Kier alpha value is -2.07. The van der Waals surface area contributed by atoms with Crippen LogP contribution < -0.4 is 4.74 Å². The van der Waals surface area contributed by atoms with E-state index in [1.807, 2.05) is 34.9 Å². The summed E-state index contributed by atoms with van der Waals surface area (Å²) in [5, 5.41) is 0. The average Bonchev–Trinajstić information content (AvgIpc) is 3.08. The molecule has 1 aliphatic heterocycles. The van der Waals surface area contributed by atoms with Crippen molar-refractivity contribution in [1.29, 1.82) is 0 Å². The van der Waals surface area contributed by atoms with Crippen molar-refractivity contribution < 1.29 is 9.13 Å². The summed E-state index contributed by atoms with van der Waals surface area (Å²) in [7, 11) is 0. The molecule has 0 fully saturated rings. The van der Waals surface area contributed by atoms with Crippen LogP contribution in [-0.4, -0.2) is 16.2 Å². The highest BCUT2D eigenvalue weighted by Gasteiger charge is 2.29. The molecular formula is C16H12ClFN2O. The summed E-state index contributed by atoms with van der Waals surface area (Å²) in [5.74, 6) is 1.42. The van der Waals surface area contributed by atoms with E-state index in [-0.39, 0.29) is 17.7 Å². The monoisotopic (exact) mass is 302 g/mol. The Morgan fingerprint density at radius 1 is 1.24 bits per heavy atom. The number of halogens is 2. The molecule has 1 aromatic heterocycles. The van der Waals surface area contributed by atoms with Gasteiger partial charge in [-0.15, -0.1) is 11.6 Å². The zero-order chi connectivity index (χ0) is 14.4. The van der Waals surface area contributed by atoms with Crippen LogP contribution in [0, 0.1) is 5.82 Å². The van der Waals surface area contributed by atoms with Crippen LogP contribution in [0.5, 0.6) is 5.75 Å². The van der Waals surface area contributed by atoms with Crippen LogP contribution in [0.1, 0.15) is 17.4 Å². The molecule has 4 rings (SSSR count). The van der Waals surface area contributed by atoms with Crippen molar-refractivity contribution in [2.75, 3.05) is 6.61 Å². The highest BCUT2D eigenvalue weighted by molar-refractivity contribution is 6.16. The van der Waals surface area contributed by atoms with Gasteiger partial charge in [0, 0.05) is 5.56 Å². The van der Waals surface area contributed by atoms with Gasteiger partial charge in [0.1, 0.15) is 23.7 Å². The van der Waals surface area contributed by atoms with Gasteiger partial charge < -0.3 is 9.30 Å². The number of hydrogen-bond donors (Lipinski definition) is 0. The summed E-state index contributed by atoms with van der Waals surface area (Å²) in [6, 6.07) is 12.8. The standard InChI is InChI=1S/C16H12ClFN2O/c17-8-15-19-16-11(18)5-3-6-12(16)20(15)13-9-21-14-7-2-1-4-10(13)14/h1-7,13H,8-9H2. The lowest BCUT2D eigenvalue weighted by molar-refractivity contribution is 0.317. The quantitative estimate of drug-likeness (QED) is 0.671. The lowest BCUT2D eigenvalue weighted by Crippen LogP contribution is -2.14. The first-order valence-electron chi connectivity index (χ1n) is 6.72. The minimum Gasteiger partial charge on any atom is -0.491 e. The Morgan fingerprint density at radius 2 is 2.10 bits per heavy atom. The van der Waals surface area contributed by atoms with Crippen LogP contribution in [0.3, 0.4) is 0 Å². The minimum absolute atomic E-state index is 0.0262. The molecule has 0 aliphatic carbocycles. The molecule has 21 heavy (non-hydrogen) atoms. The molecule has 5 heteroatoms. The Bertz CT molecular complexity index is 830. The fourth-order valence-corrected chi connectivity index (χ4v) is 3.12. The maximum absolute atomic E-state index is 13.9. The molecule has 0 N–H and O–H groups in total. The molecule has 0 saturated carbocycles. The topological polar surface area (TPSA) is 27.1 Å². The Labute approximate surface area is 125 Å². The highest BCUT2D eigenvalue weighted by Crippen LogP contribution is 2.37. The van der Waals surface area contributed by atoms with Gasteiger partial charge in [-0.3, -0.25) is 0 Å². The molecule has 1 atom stereocenters. The Morgan fingerprint density at radius 3 is 2.95 bits per heavy atom. The van der Waals surface area contributed by atoms with Crippen molar-refractivity contribution in [2.24, 2.45) is 0 Å². The number of alkyl halides is 1. The zero-order valence-electron chi connectivity index (χ0n) is 11.1. The normalized spacial score (nSPS) is 17.0. The predicted molar refractivity (Wildman–Crippen MR) is 79.3 cm³/mol. The second-order valence-corrected chi connectivity index (χ2v) is 5.27. The molecule has 106 valence electrons. The molecule has 0 radical (unpaired) electrons. The maximum atomic E-state index is 13.9. The summed E-state index contributed by atoms with van der Waals surface area (Å²) < 4.78 is 21.7. The van der Waals surface area contributed by atoms with Crippen molar-refractivity contribution >= 4 is 22.6 Å². The number of fused-ring (bicyclic) bond motifs is 2. The van der Waals surface area contributed by atoms with E-state index in [1.165, 1.54) is 6.07 Å². The molecule has 2 heterocycles. The van der Waals surface area contributed by atoms with Gasteiger partial charge in [0.05, 0.1) is 17.4 Å². The molecule has 3 nitrogen and oxygen atoms in total. The predicted octanol–water partition coefficient (Wildman–Crippen LogP) is 3.90.